The maximum atomic E-state index is 2.48. The molecule has 22 aromatic rings. The summed E-state index contributed by atoms with van der Waals surface area (Å²) in [5, 5.41) is 0. The summed E-state index contributed by atoms with van der Waals surface area (Å²) in [6.07, 6.45) is 0. The lowest BCUT2D eigenvalue weighted by Gasteiger charge is -2.40. The van der Waals surface area contributed by atoms with Crippen molar-refractivity contribution in [2.24, 2.45) is 0 Å². The minimum absolute atomic E-state index is 1.03. The van der Waals surface area contributed by atoms with Gasteiger partial charge in [-0.1, -0.05) is 364 Å². The summed E-state index contributed by atoms with van der Waals surface area (Å²) in [4.78, 5) is 14.4. The van der Waals surface area contributed by atoms with Crippen LogP contribution in [0.3, 0.4) is 0 Å². The molecular formula is C135H96N6. The molecule has 0 heterocycles. The topological polar surface area (TPSA) is 19.4 Å². The fourth-order valence-corrected chi connectivity index (χ4v) is 23.2. The summed E-state index contributed by atoms with van der Waals surface area (Å²) >= 11 is 0. The number of benzene rings is 22. The average Bonchev–Trinajstić information content (AvgIpc) is 1.46. The fourth-order valence-electron chi connectivity index (χ4n) is 23.2. The molecular weight excluding hydrogens is 1710 g/mol. The molecule has 0 radical (unpaired) electrons. The van der Waals surface area contributed by atoms with Gasteiger partial charge in [0.2, 0.25) is 0 Å². The first kappa shape index (κ1) is 84.4. The second kappa shape index (κ2) is 36.0. The highest BCUT2D eigenvalue weighted by Crippen LogP contribution is 2.74. The number of para-hydroxylation sites is 12. The second-order valence-electron chi connectivity index (χ2n) is 36.5. The van der Waals surface area contributed by atoms with E-state index in [1.807, 2.05) is 0 Å². The molecule has 3 aliphatic carbocycles. The maximum Gasteiger partial charge on any atom is 0.0719 e. The van der Waals surface area contributed by atoms with Crippen molar-refractivity contribution in [3.8, 4) is 33.4 Å². The molecule has 0 saturated carbocycles. The van der Waals surface area contributed by atoms with Crippen LogP contribution in [0, 0.1) is 0 Å². The van der Waals surface area contributed by atoms with Crippen LogP contribution in [-0.2, 0) is 16.2 Å². The first-order valence-electron chi connectivity index (χ1n) is 48.6. The van der Waals surface area contributed by atoms with Gasteiger partial charge >= 0.3 is 0 Å². The van der Waals surface area contributed by atoms with Crippen molar-refractivity contribution in [1.82, 2.24) is 0 Å². The lowest BCUT2D eigenvalue weighted by Crippen LogP contribution is -2.33. The van der Waals surface area contributed by atoms with Crippen molar-refractivity contribution >= 4 is 102 Å². The lowest BCUT2D eigenvalue weighted by molar-refractivity contribution is 0.740. The Morgan fingerprint density at radius 2 is 0.206 bits per heavy atom. The van der Waals surface area contributed by atoms with Gasteiger partial charge in [0, 0.05) is 102 Å². The summed E-state index contributed by atoms with van der Waals surface area (Å²) in [6, 6.07) is 217. The number of nitrogens with zero attached hydrogens (tertiary/aromatic N) is 6. The van der Waals surface area contributed by atoms with E-state index in [2.05, 4.69) is 612 Å². The first-order valence-corrected chi connectivity index (χ1v) is 48.6. The maximum absolute atomic E-state index is 2.48. The molecule has 0 amide bonds. The van der Waals surface area contributed by atoms with Gasteiger partial charge in [-0.15, -0.1) is 0 Å². The molecule has 25 rings (SSSR count). The Morgan fingerprint density at radius 1 is 0.0993 bits per heavy atom. The average molecular weight is 1800 g/mol. The third-order valence-electron chi connectivity index (χ3n) is 29.0. The Morgan fingerprint density at radius 3 is 0.333 bits per heavy atom. The molecule has 0 fully saturated rings. The molecule has 666 valence electrons. The number of rotatable bonds is 24. The fraction of sp³-hybridized carbons (Fsp3) is 0.0222. The molecule has 141 heavy (non-hydrogen) atoms. The molecule has 0 aromatic heterocycles. The highest BCUT2D eigenvalue weighted by atomic mass is 15.2. The van der Waals surface area contributed by atoms with Gasteiger partial charge in [-0.2, -0.15) is 0 Å². The largest absolute Gasteiger partial charge is 0.311 e. The zero-order valence-electron chi connectivity index (χ0n) is 77.6. The van der Waals surface area contributed by atoms with E-state index < -0.39 is 16.2 Å². The number of hydrogen-bond acceptors (Lipinski definition) is 6. The van der Waals surface area contributed by atoms with Gasteiger partial charge in [-0.25, -0.2) is 0 Å². The number of anilines is 18. The van der Waals surface area contributed by atoms with Crippen LogP contribution in [0.1, 0.15) is 66.8 Å². The number of fused-ring (bicyclic) bond motifs is 12. The predicted octanol–water partition coefficient (Wildman–Crippen LogP) is 35.6. The third-order valence-corrected chi connectivity index (χ3v) is 29.0. The predicted molar refractivity (Wildman–Crippen MR) is 586 cm³/mol. The van der Waals surface area contributed by atoms with Crippen molar-refractivity contribution in [3.63, 3.8) is 0 Å². The highest BCUT2D eigenvalue weighted by Gasteiger charge is 2.61. The van der Waals surface area contributed by atoms with Crippen LogP contribution in [0.2, 0.25) is 0 Å². The standard InChI is InChI=1S/C135H96N6/c1-13-43-103(44-14-1)136(104-45-15-2-16-46-104)115-85-73-97(74-86-115)133(98-75-87-116(88-76-98)137(105-47-17-3-18-48-105)106-49-19-4-20-50-106)124-70-40-37-67-121(124)127-130(133)128-122-68-38-41-71-125(122)134(99-77-89-117(90-78-99)138(107-51-21-5-22-52-107)108-53-23-6-24-54-108,100-79-91-118(92-80-100)139(109-55-25-7-26-56-109)110-57-27-8-28-58-110)132(128)129-123-69-39-42-72-126(123)135(131(127)129,101-81-93-119(94-82-101)140(111-59-29-9-30-60-111)112-61-31-10-32-62-112)102-83-95-120(96-84-102)141(113-63-33-11-34-64-113)114-65-35-12-36-66-114/h1-96H. The zero-order chi connectivity index (χ0) is 93.6. The number of hydrogen-bond donors (Lipinski definition) is 0. The normalized spacial score (nSPS) is 12.9. The first-order chi connectivity index (χ1) is 70.0. The van der Waals surface area contributed by atoms with Crippen LogP contribution >= 0.6 is 0 Å². The van der Waals surface area contributed by atoms with Gasteiger partial charge in [0.15, 0.2) is 0 Å². The van der Waals surface area contributed by atoms with Gasteiger partial charge in [0.1, 0.15) is 0 Å². The Hall–Kier alpha value is -18.4. The van der Waals surface area contributed by atoms with Crippen LogP contribution < -0.4 is 29.4 Å². The van der Waals surface area contributed by atoms with Crippen molar-refractivity contribution in [2.45, 2.75) is 16.2 Å². The van der Waals surface area contributed by atoms with E-state index >= 15 is 0 Å². The van der Waals surface area contributed by atoms with E-state index in [9.17, 15) is 0 Å². The summed E-state index contributed by atoms with van der Waals surface area (Å²) in [5.74, 6) is 0. The van der Waals surface area contributed by atoms with Crippen LogP contribution in [0.4, 0.5) is 102 Å². The van der Waals surface area contributed by atoms with Crippen LogP contribution in [0.5, 0.6) is 0 Å². The van der Waals surface area contributed by atoms with Crippen molar-refractivity contribution in [1.29, 1.82) is 0 Å². The van der Waals surface area contributed by atoms with Gasteiger partial charge in [0.05, 0.1) is 16.2 Å². The molecule has 0 unspecified atom stereocenters. The molecule has 3 aliphatic rings. The van der Waals surface area contributed by atoms with E-state index in [0.717, 1.165) is 152 Å². The molecule has 0 aliphatic heterocycles. The van der Waals surface area contributed by atoms with E-state index in [1.54, 1.807) is 0 Å². The second-order valence-corrected chi connectivity index (χ2v) is 36.5. The molecule has 0 N–H and O–H groups in total. The van der Waals surface area contributed by atoms with Gasteiger partial charge in [0.25, 0.3) is 0 Å². The summed E-state index contributed by atoms with van der Waals surface area (Å²) in [7, 11) is 0. The minimum atomic E-state index is -1.14. The Balaban J connectivity index is 0.859. The molecule has 0 saturated heterocycles. The molecule has 6 nitrogen and oxygen atoms in total. The third kappa shape index (κ3) is 14.2. The van der Waals surface area contributed by atoms with Crippen molar-refractivity contribution in [2.75, 3.05) is 29.4 Å². The summed E-state index contributed by atoms with van der Waals surface area (Å²) in [6.45, 7) is 0. The smallest absolute Gasteiger partial charge is 0.0719 e. The van der Waals surface area contributed by atoms with E-state index in [1.165, 1.54) is 50.1 Å². The summed E-state index contributed by atoms with van der Waals surface area (Å²) in [5.41, 5.74) is 36.2. The SMILES string of the molecule is c1ccc(N(c2ccccc2)c2ccc(C3(c4ccc(N(c5ccccc5)c5ccccc5)cc4)c4ccccc4-c4c3c3c(c5c4C(c4ccc(N(c6ccccc6)c6ccccc6)cc4)(c4ccc(N(c6ccccc6)c6ccccc6)cc4)c4ccccc4-5)C(c4ccc(N(c5ccccc5)c5ccccc5)cc4)(c4ccc(N(c5ccccc5)c5ccccc5)cc4)c4ccccc4-3)cc2)cc1. The Kier molecular flexibility index (Phi) is 21.6. The van der Waals surface area contributed by atoms with Crippen LogP contribution in [-0.4, -0.2) is 0 Å². The van der Waals surface area contributed by atoms with Crippen LogP contribution in [0.25, 0.3) is 33.4 Å². The highest BCUT2D eigenvalue weighted by molar-refractivity contribution is 6.10. The van der Waals surface area contributed by atoms with Crippen molar-refractivity contribution in [3.05, 3.63) is 649 Å². The Bertz CT molecular complexity index is 6770. The van der Waals surface area contributed by atoms with E-state index in [0.29, 0.717) is 0 Å². The van der Waals surface area contributed by atoms with Gasteiger partial charge < -0.3 is 29.4 Å². The van der Waals surface area contributed by atoms with Crippen molar-refractivity contribution < 1.29 is 0 Å². The molecule has 22 aromatic carbocycles. The van der Waals surface area contributed by atoms with Gasteiger partial charge in [-0.05, 0) is 319 Å². The molecule has 0 atom stereocenters. The quantitative estimate of drug-likeness (QED) is 0.0596. The Labute approximate surface area is 824 Å². The zero-order valence-corrected chi connectivity index (χ0v) is 77.6. The lowest BCUT2D eigenvalue weighted by atomic mass is 9.61. The van der Waals surface area contributed by atoms with Gasteiger partial charge in [-0.3, -0.25) is 0 Å². The molecule has 0 bridgehead atoms. The molecule has 6 heteroatoms. The minimum Gasteiger partial charge on any atom is -0.311 e. The van der Waals surface area contributed by atoms with E-state index in [4.69, 9.17) is 0 Å². The molecule has 0 spiro atoms. The monoisotopic (exact) mass is 1800 g/mol. The van der Waals surface area contributed by atoms with E-state index in [-0.39, 0.29) is 0 Å². The summed E-state index contributed by atoms with van der Waals surface area (Å²) < 4.78 is 0. The van der Waals surface area contributed by atoms with Crippen LogP contribution in [0.15, 0.2) is 582 Å².